The third-order valence-electron chi connectivity index (χ3n) is 3.30. The third kappa shape index (κ3) is 2.47. The maximum absolute atomic E-state index is 12.3. The molecule has 1 aromatic rings. The zero-order valence-corrected chi connectivity index (χ0v) is 11.6. The molecular formula is C12H13Cl2NOS. The van der Waals surface area contributed by atoms with Crippen molar-refractivity contribution >= 4 is 40.4 Å². The van der Waals surface area contributed by atoms with Crippen LogP contribution in [0.4, 0.5) is 0 Å². The molecule has 2 saturated carbocycles. The largest absolute Gasteiger partial charge is 0.334 e. The molecular weight excluding hydrogens is 277 g/mol. The van der Waals surface area contributed by atoms with Gasteiger partial charge in [-0.3, -0.25) is 4.79 Å². The van der Waals surface area contributed by atoms with Crippen molar-refractivity contribution in [3.8, 4) is 0 Å². The lowest BCUT2D eigenvalue weighted by Crippen LogP contribution is -2.34. The molecule has 0 aromatic carbocycles. The molecule has 1 aromatic heterocycles. The first kappa shape index (κ1) is 11.8. The Hall–Kier alpha value is -0.250. The molecule has 92 valence electrons. The van der Waals surface area contributed by atoms with Gasteiger partial charge in [0.2, 0.25) is 5.91 Å². The van der Waals surface area contributed by atoms with Crippen LogP contribution in [-0.4, -0.2) is 21.2 Å². The van der Waals surface area contributed by atoms with Gasteiger partial charge in [0.05, 0.1) is 12.5 Å². The lowest BCUT2D eigenvalue weighted by molar-refractivity contribution is -0.133. The first-order valence-corrected chi connectivity index (χ1v) is 7.42. The Morgan fingerprint density at radius 1 is 1.53 bits per heavy atom. The molecule has 2 aliphatic rings. The Kier molecular flexibility index (Phi) is 2.88. The van der Waals surface area contributed by atoms with E-state index in [1.807, 2.05) is 16.3 Å². The molecule has 0 radical (unpaired) electrons. The molecule has 0 aliphatic heterocycles. The van der Waals surface area contributed by atoms with E-state index in [-0.39, 0.29) is 11.8 Å². The summed E-state index contributed by atoms with van der Waals surface area (Å²) in [6, 6.07) is 4.49. The van der Waals surface area contributed by atoms with Crippen molar-refractivity contribution in [1.29, 1.82) is 0 Å². The summed E-state index contributed by atoms with van der Waals surface area (Å²) in [5, 5.41) is 2.04. The minimum Gasteiger partial charge on any atom is -0.334 e. The average molecular weight is 290 g/mol. The van der Waals surface area contributed by atoms with Crippen LogP contribution in [0.5, 0.6) is 0 Å². The van der Waals surface area contributed by atoms with Crippen molar-refractivity contribution in [2.24, 2.45) is 5.92 Å². The van der Waals surface area contributed by atoms with Crippen LogP contribution < -0.4 is 0 Å². The SMILES string of the molecule is O=C(C1CC1(Cl)Cl)N(Cc1cccs1)C1CC1. The molecule has 2 aliphatic carbocycles. The van der Waals surface area contributed by atoms with Gasteiger partial charge in [-0.1, -0.05) is 6.07 Å². The van der Waals surface area contributed by atoms with Crippen molar-refractivity contribution in [3.63, 3.8) is 0 Å². The number of carbonyl (C=O) groups is 1. The van der Waals surface area contributed by atoms with Crippen molar-refractivity contribution in [2.75, 3.05) is 0 Å². The van der Waals surface area contributed by atoms with Crippen LogP contribution in [-0.2, 0) is 11.3 Å². The standard InChI is InChI=1S/C12H13Cl2NOS/c13-12(14)6-10(12)11(16)15(8-3-4-8)7-9-2-1-5-17-9/h1-2,5,8,10H,3-4,6-7H2. The number of amides is 1. The highest BCUT2D eigenvalue weighted by Crippen LogP contribution is 2.54. The Morgan fingerprint density at radius 3 is 2.71 bits per heavy atom. The van der Waals surface area contributed by atoms with Gasteiger partial charge in [0.1, 0.15) is 4.33 Å². The van der Waals surface area contributed by atoms with Crippen molar-refractivity contribution in [1.82, 2.24) is 4.90 Å². The molecule has 1 heterocycles. The van der Waals surface area contributed by atoms with Crippen LogP contribution >= 0.6 is 34.5 Å². The Balaban J connectivity index is 1.70. The van der Waals surface area contributed by atoms with Gasteiger partial charge >= 0.3 is 0 Å². The fourth-order valence-corrected chi connectivity index (χ4v) is 3.22. The first-order valence-electron chi connectivity index (χ1n) is 5.78. The van der Waals surface area contributed by atoms with Crippen LogP contribution in [0, 0.1) is 5.92 Å². The predicted molar refractivity (Wildman–Crippen MR) is 70.4 cm³/mol. The average Bonchev–Trinajstić information content (AvgIpc) is 3.15. The highest BCUT2D eigenvalue weighted by molar-refractivity contribution is 7.09. The molecule has 0 saturated heterocycles. The van der Waals surface area contributed by atoms with E-state index in [1.54, 1.807) is 11.3 Å². The lowest BCUT2D eigenvalue weighted by atomic mass is 10.3. The second-order valence-electron chi connectivity index (χ2n) is 4.79. The molecule has 2 nitrogen and oxygen atoms in total. The number of rotatable bonds is 4. The number of hydrogen-bond acceptors (Lipinski definition) is 2. The quantitative estimate of drug-likeness (QED) is 0.778. The fourth-order valence-electron chi connectivity index (χ4n) is 2.02. The van der Waals surface area contributed by atoms with Gasteiger partial charge in [-0.05, 0) is 30.7 Å². The van der Waals surface area contributed by atoms with Crippen LogP contribution in [0.2, 0.25) is 0 Å². The zero-order valence-electron chi connectivity index (χ0n) is 9.23. The summed E-state index contributed by atoms with van der Waals surface area (Å²) < 4.78 is -0.806. The summed E-state index contributed by atoms with van der Waals surface area (Å²) in [6.07, 6.45) is 2.82. The molecule has 1 atom stereocenters. The van der Waals surface area contributed by atoms with Crippen LogP contribution in [0.3, 0.4) is 0 Å². The number of carbonyl (C=O) groups excluding carboxylic acids is 1. The van der Waals surface area contributed by atoms with Gasteiger partial charge in [-0.15, -0.1) is 34.5 Å². The third-order valence-corrected chi connectivity index (χ3v) is 5.00. The van der Waals surface area contributed by atoms with Crippen LogP contribution in [0.15, 0.2) is 17.5 Å². The first-order chi connectivity index (χ1) is 8.08. The van der Waals surface area contributed by atoms with Crippen LogP contribution in [0.1, 0.15) is 24.1 Å². The summed E-state index contributed by atoms with van der Waals surface area (Å²) in [5.41, 5.74) is 0. The molecule has 0 N–H and O–H groups in total. The Bertz CT molecular complexity index is 428. The van der Waals surface area contributed by atoms with E-state index in [9.17, 15) is 4.79 Å². The maximum atomic E-state index is 12.3. The number of halogens is 2. The molecule has 3 rings (SSSR count). The molecule has 2 fully saturated rings. The second-order valence-corrected chi connectivity index (χ2v) is 7.37. The van der Waals surface area contributed by atoms with Gasteiger partial charge in [0, 0.05) is 10.9 Å². The van der Waals surface area contributed by atoms with Crippen molar-refractivity contribution in [3.05, 3.63) is 22.4 Å². The van der Waals surface area contributed by atoms with Gasteiger partial charge in [-0.2, -0.15) is 0 Å². The molecule has 1 unspecified atom stereocenters. The predicted octanol–water partition coefficient (Wildman–Crippen LogP) is 3.43. The smallest absolute Gasteiger partial charge is 0.229 e. The number of alkyl halides is 2. The van der Waals surface area contributed by atoms with E-state index in [1.165, 1.54) is 4.88 Å². The topological polar surface area (TPSA) is 20.3 Å². The monoisotopic (exact) mass is 289 g/mol. The molecule has 17 heavy (non-hydrogen) atoms. The Morgan fingerprint density at radius 2 is 2.24 bits per heavy atom. The van der Waals surface area contributed by atoms with Gasteiger partial charge < -0.3 is 4.90 Å². The minimum atomic E-state index is -0.806. The summed E-state index contributed by atoms with van der Waals surface area (Å²) in [4.78, 5) is 15.5. The second kappa shape index (κ2) is 4.15. The fraction of sp³-hybridized carbons (Fsp3) is 0.583. The summed E-state index contributed by atoms with van der Waals surface area (Å²) >= 11 is 13.6. The maximum Gasteiger partial charge on any atom is 0.229 e. The molecule has 5 heteroatoms. The summed E-state index contributed by atoms with van der Waals surface area (Å²) in [6.45, 7) is 0.710. The van der Waals surface area contributed by atoms with E-state index < -0.39 is 4.33 Å². The lowest BCUT2D eigenvalue weighted by Gasteiger charge is -2.22. The molecule has 0 spiro atoms. The molecule has 0 bridgehead atoms. The van der Waals surface area contributed by atoms with Crippen molar-refractivity contribution in [2.45, 2.75) is 36.2 Å². The number of hydrogen-bond donors (Lipinski definition) is 0. The highest BCUT2D eigenvalue weighted by atomic mass is 35.5. The summed E-state index contributed by atoms with van der Waals surface area (Å²) in [5.74, 6) is -0.0581. The molecule has 1 amide bonds. The van der Waals surface area contributed by atoms with E-state index >= 15 is 0 Å². The van der Waals surface area contributed by atoms with Gasteiger partial charge in [0.15, 0.2) is 0 Å². The van der Waals surface area contributed by atoms with E-state index in [2.05, 4.69) is 6.07 Å². The highest BCUT2D eigenvalue weighted by Gasteiger charge is 2.58. The number of thiophene rings is 1. The zero-order chi connectivity index (χ0) is 12.0. The Labute approximate surface area is 115 Å². The van der Waals surface area contributed by atoms with Crippen LogP contribution in [0.25, 0.3) is 0 Å². The van der Waals surface area contributed by atoms with Gasteiger partial charge in [-0.25, -0.2) is 0 Å². The minimum absolute atomic E-state index is 0.130. The van der Waals surface area contributed by atoms with E-state index in [4.69, 9.17) is 23.2 Å². The summed E-state index contributed by atoms with van der Waals surface area (Å²) in [7, 11) is 0. The normalized spacial score (nSPS) is 25.6. The van der Waals surface area contributed by atoms with Gasteiger partial charge in [0.25, 0.3) is 0 Å². The van der Waals surface area contributed by atoms with Crippen molar-refractivity contribution < 1.29 is 4.79 Å². The van der Waals surface area contributed by atoms with E-state index in [0.717, 1.165) is 12.8 Å². The van der Waals surface area contributed by atoms with E-state index in [0.29, 0.717) is 19.0 Å². The number of nitrogens with zero attached hydrogens (tertiary/aromatic N) is 1.